The second-order valence-electron chi connectivity index (χ2n) is 5.87. The van der Waals surface area contributed by atoms with E-state index in [0.29, 0.717) is 18.3 Å². The first-order valence-corrected chi connectivity index (χ1v) is 9.32. The van der Waals surface area contributed by atoms with Crippen molar-refractivity contribution in [2.45, 2.75) is 36.6 Å². The molecule has 0 atom stereocenters. The lowest BCUT2D eigenvalue weighted by Gasteiger charge is -2.34. The van der Waals surface area contributed by atoms with E-state index < -0.39 is 15.6 Å². The van der Waals surface area contributed by atoms with Gasteiger partial charge in [-0.3, -0.25) is 0 Å². The van der Waals surface area contributed by atoms with Crippen molar-refractivity contribution in [2.75, 3.05) is 6.54 Å². The van der Waals surface area contributed by atoms with Gasteiger partial charge >= 0.3 is 0 Å². The first-order chi connectivity index (χ1) is 11.4. The first-order valence-electron chi connectivity index (χ1n) is 7.84. The second kappa shape index (κ2) is 6.46. The van der Waals surface area contributed by atoms with E-state index in [2.05, 4.69) is 14.9 Å². The minimum Gasteiger partial charge on any atom is -0.335 e. The summed E-state index contributed by atoms with van der Waals surface area (Å²) in [5.74, 6) is 0.923. The van der Waals surface area contributed by atoms with Gasteiger partial charge in [-0.25, -0.2) is 13.1 Å². The van der Waals surface area contributed by atoms with Crippen LogP contribution in [0.4, 0.5) is 0 Å². The Morgan fingerprint density at radius 3 is 2.58 bits per heavy atom. The summed E-state index contributed by atoms with van der Waals surface area (Å²) in [7, 11) is -3.43. The molecule has 1 aromatic carbocycles. The third kappa shape index (κ3) is 3.40. The second-order valence-corrected chi connectivity index (χ2v) is 7.64. The molecular formula is C16H20N4O3S. The van der Waals surface area contributed by atoms with E-state index in [-0.39, 0.29) is 4.90 Å². The SMILES string of the molecule is CCNS(=O)(=O)c1ccc(/C=C/c2nc(C3(N)CCC3)no2)cc1. The number of nitrogens with one attached hydrogen (secondary N) is 1. The summed E-state index contributed by atoms with van der Waals surface area (Å²) in [6, 6.07) is 6.54. The summed E-state index contributed by atoms with van der Waals surface area (Å²) in [5.41, 5.74) is 6.54. The van der Waals surface area contributed by atoms with Gasteiger partial charge < -0.3 is 10.3 Å². The summed E-state index contributed by atoms with van der Waals surface area (Å²) < 4.78 is 31.4. The fourth-order valence-corrected chi connectivity index (χ4v) is 3.53. The van der Waals surface area contributed by atoms with Crippen LogP contribution < -0.4 is 10.5 Å². The smallest absolute Gasteiger partial charge is 0.250 e. The van der Waals surface area contributed by atoms with Gasteiger partial charge in [0.15, 0.2) is 5.82 Å². The molecular weight excluding hydrogens is 328 g/mol. The van der Waals surface area contributed by atoms with Crippen molar-refractivity contribution in [1.82, 2.24) is 14.9 Å². The molecule has 0 saturated heterocycles. The maximum absolute atomic E-state index is 11.9. The maximum Gasteiger partial charge on any atom is 0.250 e. The topological polar surface area (TPSA) is 111 Å². The molecule has 0 unspecified atom stereocenters. The van der Waals surface area contributed by atoms with E-state index in [1.54, 1.807) is 43.3 Å². The predicted molar refractivity (Wildman–Crippen MR) is 90.2 cm³/mol. The van der Waals surface area contributed by atoms with Crippen LogP contribution in [-0.4, -0.2) is 25.1 Å². The molecule has 2 aromatic rings. The highest BCUT2D eigenvalue weighted by atomic mass is 32.2. The number of rotatable bonds is 6. The minimum absolute atomic E-state index is 0.233. The van der Waals surface area contributed by atoms with Crippen molar-refractivity contribution in [2.24, 2.45) is 5.73 Å². The molecule has 3 rings (SSSR count). The molecule has 1 heterocycles. The lowest BCUT2D eigenvalue weighted by atomic mass is 9.77. The Kier molecular flexibility index (Phi) is 4.53. The Hall–Kier alpha value is -2.03. The van der Waals surface area contributed by atoms with E-state index in [4.69, 9.17) is 10.3 Å². The number of nitrogens with two attached hydrogens (primary N) is 1. The van der Waals surface area contributed by atoms with Crippen molar-refractivity contribution >= 4 is 22.2 Å². The molecule has 0 amide bonds. The van der Waals surface area contributed by atoms with Crippen LogP contribution in [-0.2, 0) is 15.6 Å². The highest BCUT2D eigenvalue weighted by molar-refractivity contribution is 7.89. The van der Waals surface area contributed by atoms with Crippen LogP contribution in [0.1, 0.15) is 43.5 Å². The summed E-state index contributed by atoms with van der Waals surface area (Å²) in [4.78, 5) is 4.54. The van der Waals surface area contributed by atoms with Gasteiger partial charge in [-0.15, -0.1) is 0 Å². The number of hydrogen-bond donors (Lipinski definition) is 2. The molecule has 1 aromatic heterocycles. The maximum atomic E-state index is 11.9. The highest BCUT2D eigenvalue weighted by Crippen LogP contribution is 2.36. The van der Waals surface area contributed by atoms with Crippen LogP contribution in [0.25, 0.3) is 12.2 Å². The van der Waals surface area contributed by atoms with Crippen molar-refractivity contribution in [3.05, 3.63) is 41.5 Å². The quantitative estimate of drug-likeness (QED) is 0.824. The first kappa shape index (κ1) is 16.8. The Bertz CT molecular complexity index is 836. The van der Waals surface area contributed by atoms with Crippen molar-refractivity contribution in [3.63, 3.8) is 0 Å². The minimum atomic E-state index is -3.43. The lowest BCUT2D eigenvalue weighted by Crippen LogP contribution is -2.44. The Morgan fingerprint density at radius 2 is 2.00 bits per heavy atom. The van der Waals surface area contributed by atoms with Crippen molar-refractivity contribution in [3.8, 4) is 0 Å². The molecule has 1 aliphatic rings. The fraction of sp³-hybridized carbons (Fsp3) is 0.375. The summed E-state index contributed by atoms with van der Waals surface area (Å²) in [5, 5.41) is 3.94. The molecule has 0 bridgehead atoms. The Labute approximate surface area is 141 Å². The molecule has 1 saturated carbocycles. The Morgan fingerprint density at radius 1 is 1.29 bits per heavy atom. The van der Waals surface area contributed by atoms with Gasteiger partial charge in [-0.2, -0.15) is 4.98 Å². The molecule has 0 radical (unpaired) electrons. The van der Waals surface area contributed by atoms with Crippen LogP contribution in [0.5, 0.6) is 0 Å². The van der Waals surface area contributed by atoms with Crippen LogP contribution in [0.15, 0.2) is 33.7 Å². The van der Waals surface area contributed by atoms with Crippen LogP contribution in [0.3, 0.4) is 0 Å². The summed E-state index contributed by atoms with van der Waals surface area (Å²) >= 11 is 0. The zero-order valence-corrected chi connectivity index (χ0v) is 14.2. The standard InChI is InChI=1S/C16H20N4O3S/c1-2-18-24(21,22)13-7-4-12(5-8-13)6-9-14-19-15(20-23-14)16(17)10-3-11-16/h4-9,18H,2-3,10-11,17H2,1H3/b9-6+. The third-order valence-corrected chi connectivity index (χ3v) is 5.64. The zero-order chi connectivity index (χ0) is 17.2. The number of nitrogens with zero attached hydrogens (tertiary/aromatic N) is 2. The van der Waals surface area contributed by atoms with E-state index >= 15 is 0 Å². The summed E-state index contributed by atoms with van der Waals surface area (Å²) in [6.07, 6.45) is 6.30. The zero-order valence-electron chi connectivity index (χ0n) is 13.4. The van der Waals surface area contributed by atoms with E-state index in [1.807, 2.05) is 0 Å². The molecule has 1 aliphatic carbocycles. The van der Waals surface area contributed by atoms with Crippen molar-refractivity contribution < 1.29 is 12.9 Å². The van der Waals surface area contributed by atoms with E-state index in [0.717, 1.165) is 24.8 Å². The van der Waals surface area contributed by atoms with Gasteiger partial charge in [0.1, 0.15) is 0 Å². The van der Waals surface area contributed by atoms with E-state index in [9.17, 15) is 8.42 Å². The van der Waals surface area contributed by atoms with E-state index in [1.165, 1.54) is 0 Å². The van der Waals surface area contributed by atoms with Gasteiger partial charge in [0.25, 0.3) is 5.89 Å². The summed E-state index contributed by atoms with van der Waals surface area (Å²) in [6.45, 7) is 2.09. The molecule has 1 fully saturated rings. The highest BCUT2D eigenvalue weighted by Gasteiger charge is 2.38. The van der Waals surface area contributed by atoms with Gasteiger partial charge in [-0.1, -0.05) is 24.2 Å². The van der Waals surface area contributed by atoms with Crippen LogP contribution in [0.2, 0.25) is 0 Å². The lowest BCUT2D eigenvalue weighted by molar-refractivity contribution is 0.229. The molecule has 128 valence electrons. The van der Waals surface area contributed by atoms with Crippen LogP contribution in [0, 0.1) is 0 Å². The number of hydrogen-bond acceptors (Lipinski definition) is 6. The monoisotopic (exact) mass is 348 g/mol. The average Bonchev–Trinajstić information content (AvgIpc) is 3.00. The van der Waals surface area contributed by atoms with Gasteiger partial charge in [-0.05, 0) is 43.0 Å². The largest absolute Gasteiger partial charge is 0.335 e. The Balaban J connectivity index is 1.71. The molecule has 0 aliphatic heterocycles. The van der Waals surface area contributed by atoms with Gasteiger partial charge in [0.2, 0.25) is 10.0 Å². The number of aromatic nitrogens is 2. The molecule has 24 heavy (non-hydrogen) atoms. The molecule has 7 nitrogen and oxygen atoms in total. The molecule has 8 heteroatoms. The molecule has 3 N–H and O–H groups in total. The molecule has 0 spiro atoms. The number of sulfonamides is 1. The van der Waals surface area contributed by atoms with Crippen molar-refractivity contribution in [1.29, 1.82) is 0 Å². The fourth-order valence-electron chi connectivity index (χ4n) is 2.49. The van der Waals surface area contributed by atoms with Gasteiger partial charge in [0, 0.05) is 12.6 Å². The predicted octanol–water partition coefficient (Wildman–Crippen LogP) is 1.88. The normalized spacial score (nSPS) is 17.1. The average molecular weight is 348 g/mol. The third-order valence-electron chi connectivity index (χ3n) is 4.08. The van der Waals surface area contributed by atoms with Crippen LogP contribution >= 0.6 is 0 Å². The number of benzene rings is 1. The van der Waals surface area contributed by atoms with Gasteiger partial charge in [0.05, 0.1) is 10.4 Å².